The van der Waals surface area contributed by atoms with Crippen molar-refractivity contribution in [3.8, 4) is 0 Å². The Morgan fingerprint density at radius 1 is 1.17 bits per heavy atom. The number of halogens is 3. The first-order valence-corrected chi connectivity index (χ1v) is 10.7. The van der Waals surface area contributed by atoms with Gasteiger partial charge in [-0.15, -0.1) is 0 Å². The van der Waals surface area contributed by atoms with E-state index in [1.807, 2.05) is 0 Å². The molecule has 2 aliphatic carbocycles. The molecule has 4 rings (SSSR count). The van der Waals surface area contributed by atoms with Gasteiger partial charge in [0.25, 0.3) is 0 Å². The molecule has 162 valence electrons. The predicted molar refractivity (Wildman–Crippen MR) is 101 cm³/mol. The number of hydrogen-bond donors (Lipinski definition) is 1. The summed E-state index contributed by atoms with van der Waals surface area (Å²) in [6.07, 6.45) is 4.58. The first kappa shape index (κ1) is 20.7. The van der Waals surface area contributed by atoms with Crippen LogP contribution < -0.4 is 0 Å². The monoisotopic (exact) mass is 413 g/mol. The molecule has 0 saturated heterocycles. The van der Waals surface area contributed by atoms with Crippen LogP contribution in [0.2, 0.25) is 0 Å². The van der Waals surface area contributed by atoms with Crippen LogP contribution in [0, 0.1) is 17.8 Å². The number of imidazole rings is 1. The Labute approximate surface area is 169 Å². The van der Waals surface area contributed by atoms with Crippen LogP contribution in [0.1, 0.15) is 76.4 Å². The number of rotatable bonds is 2. The van der Waals surface area contributed by atoms with Gasteiger partial charge in [0.1, 0.15) is 0 Å². The van der Waals surface area contributed by atoms with E-state index in [1.165, 1.54) is 36.4 Å². The van der Waals surface area contributed by atoms with Crippen LogP contribution in [0.3, 0.4) is 0 Å². The lowest BCUT2D eigenvalue weighted by molar-refractivity contribution is -0.263. The maximum Gasteiger partial charge on any atom is 0.424 e. The third-order valence-corrected chi connectivity index (χ3v) is 7.34. The lowest BCUT2D eigenvalue weighted by atomic mass is 9.67. The van der Waals surface area contributed by atoms with E-state index in [1.54, 1.807) is 11.8 Å². The Morgan fingerprint density at radius 3 is 2.55 bits per heavy atom. The Hall–Kier alpha value is -1.57. The Balaban J connectivity index is 1.50. The number of fused-ring (bicyclic) bond motifs is 2. The van der Waals surface area contributed by atoms with Gasteiger partial charge in [-0.3, -0.25) is 4.79 Å². The van der Waals surface area contributed by atoms with E-state index in [0.29, 0.717) is 18.2 Å². The van der Waals surface area contributed by atoms with Gasteiger partial charge in [-0.2, -0.15) is 13.2 Å². The highest BCUT2D eigenvalue weighted by Crippen LogP contribution is 2.44. The van der Waals surface area contributed by atoms with Crippen molar-refractivity contribution in [1.82, 2.24) is 14.5 Å². The van der Waals surface area contributed by atoms with Gasteiger partial charge in [0.05, 0.1) is 24.5 Å². The minimum Gasteiger partial charge on any atom is -0.374 e. The number of carbonyl (C=O) groups is 1. The first-order valence-electron chi connectivity index (χ1n) is 10.7. The number of nitrogens with zero attached hydrogens (tertiary/aromatic N) is 3. The van der Waals surface area contributed by atoms with Crippen molar-refractivity contribution in [2.75, 3.05) is 6.54 Å². The van der Waals surface area contributed by atoms with Crippen LogP contribution in [0.5, 0.6) is 0 Å². The molecule has 2 saturated carbocycles. The summed E-state index contributed by atoms with van der Waals surface area (Å²) in [4.78, 5) is 18.9. The highest BCUT2D eigenvalue weighted by Gasteiger charge is 2.55. The van der Waals surface area contributed by atoms with Crippen LogP contribution in [-0.4, -0.2) is 38.2 Å². The van der Waals surface area contributed by atoms with Gasteiger partial charge in [-0.05, 0) is 44.9 Å². The first-order chi connectivity index (χ1) is 13.6. The zero-order valence-electron chi connectivity index (χ0n) is 17.1. The number of amides is 1. The Bertz CT molecular complexity index is 774. The molecule has 5 nitrogen and oxygen atoms in total. The summed E-state index contributed by atoms with van der Waals surface area (Å²) < 4.78 is 41.4. The van der Waals surface area contributed by atoms with Crippen LogP contribution in [0.25, 0.3) is 0 Å². The van der Waals surface area contributed by atoms with E-state index >= 15 is 0 Å². The second kappa shape index (κ2) is 7.29. The van der Waals surface area contributed by atoms with Gasteiger partial charge >= 0.3 is 6.18 Å². The molecule has 0 aromatic carbocycles. The quantitative estimate of drug-likeness (QED) is 0.792. The number of hydrogen-bond acceptors (Lipinski definition) is 3. The molecule has 1 aliphatic heterocycles. The molecule has 1 N–H and O–H groups in total. The zero-order chi connectivity index (χ0) is 21.0. The van der Waals surface area contributed by atoms with E-state index < -0.39 is 17.6 Å². The fraction of sp³-hybridized carbons (Fsp3) is 0.810. The van der Waals surface area contributed by atoms with Crippen molar-refractivity contribution >= 4 is 5.91 Å². The van der Waals surface area contributed by atoms with E-state index in [9.17, 15) is 23.1 Å². The van der Waals surface area contributed by atoms with Crippen LogP contribution in [0.15, 0.2) is 6.20 Å². The molecule has 1 aromatic heterocycles. The average Bonchev–Trinajstić information content (AvgIpc) is 3.11. The molecule has 8 heteroatoms. The number of aliphatic hydroxyl groups is 1. The van der Waals surface area contributed by atoms with Gasteiger partial charge in [-0.25, -0.2) is 4.98 Å². The number of carbonyl (C=O) groups excluding carboxylic acids is 1. The van der Waals surface area contributed by atoms with Gasteiger partial charge < -0.3 is 14.6 Å². The van der Waals surface area contributed by atoms with Crippen molar-refractivity contribution in [2.45, 2.75) is 83.2 Å². The molecule has 5 atom stereocenters. The molecule has 0 unspecified atom stereocenters. The van der Waals surface area contributed by atoms with Gasteiger partial charge in [0, 0.05) is 12.5 Å². The summed E-state index contributed by atoms with van der Waals surface area (Å²) >= 11 is 0. The SMILES string of the molecule is C[C@H]1CN(C(=O)[C@@H]2CC[C@@H]3CCCC[C@@H]3C2)Cc2cnc([C@@](C)(O)C(F)(F)F)n21. The predicted octanol–water partition coefficient (Wildman–Crippen LogP) is 4.16. The second-order valence-corrected chi connectivity index (χ2v) is 9.40. The topological polar surface area (TPSA) is 58.4 Å². The lowest BCUT2D eigenvalue weighted by Gasteiger charge is -2.42. The van der Waals surface area contributed by atoms with E-state index in [0.717, 1.165) is 32.1 Å². The third kappa shape index (κ3) is 3.57. The maximum absolute atomic E-state index is 13.3. The van der Waals surface area contributed by atoms with Crippen molar-refractivity contribution < 1.29 is 23.1 Å². The summed E-state index contributed by atoms with van der Waals surface area (Å²) in [5.41, 5.74) is -2.48. The van der Waals surface area contributed by atoms with Gasteiger partial charge in [0.15, 0.2) is 5.82 Å². The standard InChI is InChI=1S/C21H30F3N3O2/c1-13-11-26(18(28)16-8-7-14-5-3-4-6-15(14)9-16)12-17-10-25-19(27(13)17)20(2,29)21(22,23)24/h10,13-16,29H,3-9,11-12H2,1-2H3/t13-,14-,15+,16+,20+/m0/s1. The molecule has 0 radical (unpaired) electrons. The molecule has 2 fully saturated rings. The van der Waals surface area contributed by atoms with Crippen LogP contribution in [-0.2, 0) is 16.9 Å². The summed E-state index contributed by atoms with van der Waals surface area (Å²) in [5.74, 6) is 1.16. The number of alkyl halides is 3. The van der Waals surface area contributed by atoms with Gasteiger partial charge in [0.2, 0.25) is 11.5 Å². The van der Waals surface area contributed by atoms with Crippen molar-refractivity contribution in [2.24, 2.45) is 17.8 Å². The molecule has 3 aliphatic rings. The molecular weight excluding hydrogens is 383 g/mol. The summed E-state index contributed by atoms with van der Waals surface area (Å²) in [6.45, 7) is 3.09. The van der Waals surface area contributed by atoms with Crippen LogP contribution in [0.4, 0.5) is 13.2 Å². The fourth-order valence-corrected chi connectivity index (χ4v) is 5.68. The molecule has 29 heavy (non-hydrogen) atoms. The minimum absolute atomic E-state index is 0.0220. The molecule has 1 aromatic rings. The van der Waals surface area contributed by atoms with E-state index in [2.05, 4.69) is 4.98 Å². The molecule has 0 spiro atoms. The maximum atomic E-state index is 13.3. The molecular formula is C21H30F3N3O2. The number of aromatic nitrogens is 2. The summed E-state index contributed by atoms with van der Waals surface area (Å²) in [7, 11) is 0. The van der Waals surface area contributed by atoms with Crippen molar-refractivity contribution in [1.29, 1.82) is 0 Å². The summed E-state index contributed by atoms with van der Waals surface area (Å²) in [5, 5.41) is 10.1. The normalized spacial score (nSPS) is 32.3. The second-order valence-electron chi connectivity index (χ2n) is 9.40. The smallest absolute Gasteiger partial charge is 0.374 e. The third-order valence-electron chi connectivity index (χ3n) is 7.34. The Morgan fingerprint density at radius 2 is 1.86 bits per heavy atom. The van der Waals surface area contributed by atoms with Crippen molar-refractivity contribution in [3.63, 3.8) is 0 Å². The zero-order valence-corrected chi connectivity index (χ0v) is 17.1. The summed E-state index contributed by atoms with van der Waals surface area (Å²) in [6, 6.07) is -0.375. The van der Waals surface area contributed by atoms with Crippen LogP contribution >= 0.6 is 0 Å². The highest BCUT2D eigenvalue weighted by atomic mass is 19.4. The molecule has 1 amide bonds. The molecule has 2 heterocycles. The van der Waals surface area contributed by atoms with E-state index in [-0.39, 0.29) is 24.4 Å². The highest BCUT2D eigenvalue weighted by molar-refractivity contribution is 5.79. The minimum atomic E-state index is -4.82. The van der Waals surface area contributed by atoms with Gasteiger partial charge in [-0.1, -0.05) is 25.7 Å². The van der Waals surface area contributed by atoms with Crippen molar-refractivity contribution in [3.05, 3.63) is 17.7 Å². The largest absolute Gasteiger partial charge is 0.424 e. The average molecular weight is 413 g/mol. The Kier molecular flexibility index (Phi) is 5.20. The lowest BCUT2D eigenvalue weighted by Crippen LogP contribution is -2.47. The van der Waals surface area contributed by atoms with E-state index in [4.69, 9.17) is 0 Å². The molecule has 0 bridgehead atoms. The fourth-order valence-electron chi connectivity index (χ4n) is 5.68.